The van der Waals surface area contributed by atoms with E-state index in [4.69, 9.17) is 0 Å². The van der Waals surface area contributed by atoms with E-state index in [9.17, 15) is 4.79 Å². The number of carbonyl (C=O) groups is 1. The summed E-state index contributed by atoms with van der Waals surface area (Å²) in [5.41, 5.74) is 0.902. The number of pyridine rings is 1. The average molecular weight is 248 g/mol. The lowest BCUT2D eigenvalue weighted by molar-refractivity contribution is -0.128. The molecule has 3 heteroatoms. The van der Waals surface area contributed by atoms with Crippen molar-refractivity contribution >= 4 is 5.91 Å². The molecule has 1 aromatic rings. The molecule has 0 radical (unpaired) electrons. The SMILES string of the molecule is CCC[C@@H](C(=O)NCc1ccccn1)C(C)(C)C. The highest BCUT2D eigenvalue weighted by Crippen LogP contribution is 2.29. The number of nitrogens with zero attached hydrogens (tertiary/aromatic N) is 1. The molecule has 1 N–H and O–H groups in total. The molecule has 0 aliphatic carbocycles. The first-order chi connectivity index (χ1) is 8.45. The van der Waals surface area contributed by atoms with Crippen LogP contribution in [-0.2, 0) is 11.3 Å². The second kappa shape index (κ2) is 6.53. The quantitative estimate of drug-likeness (QED) is 0.869. The van der Waals surface area contributed by atoms with Crippen LogP contribution < -0.4 is 5.32 Å². The summed E-state index contributed by atoms with van der Waals surface area (Å²) >= 11 is 0. The summed E-state index contributed by atoms with van der Waals surface area (Å²) in [5.74, 6) is 0.196. The lowest BCUT2D eigenvalue weighted by Crippen LogP contribution is -2.37. The van der Waals surface area contributed by atoms with Gasteiger partial charge in [0.05, 0.1) is 12.2 Å². The molecule has 18 heavy (non-hydrogen) atoms. The molecule has 1 amide bonds. The van der Waals surface area contributed by atoms with Gasteiger partial charge in [-0.1, -0.05) is 40.2 Å². The number of amides is 1. The molecule has 100 valence electrons. The van der Waals surface area contributed by atoms with Gasteiger partial charge in [0.1, 0.15) is 0 Å². The summed E-state index contributed by atoms with van der Waals surface area (Å²) < 4.78 is 0. The molecule has 0 saturated carbocycles. The topological polar surface area (TPSA) is 42.0 Å². The molecule has 0 aromatic carbocycles. The van der Waals surface area contributed by atoms with Crippen molar-refractivity contribution < 1.29 is 4.79 Å². The summed E-state index contributed by atoms with van der Waals surface area (Å²) in [5, 5.41) is 2.99. The zero-order valence-corrected chi connectivity index (χ0v) is 11.9. The highest BCUT2D eigenvalue weighted by molar-refractivity contribution is 5.79. The number of aromatic nitrogens is 1. The van der Waals surface area contributed by atoms with Crippen LogP contribution in [-0.4, -0.2) is 10.9 Å². The van der Waals surface area contributed by atoms with Crippen LogP contribution in [0, 0.1) is 11.3 Å². The predicted molar refractivity (Wildman–Crippen MR) is 73.9 cm³/mol. The Bertz CT molecular complexity index is 368. The Morgan fingerprint density at radius 2 is 2.11 bits per heavy atom. The van der Waals surface area contributed by atoms with Crippen LogP contribution in [0.5, 0.6) is 0 Å². The van der Waals surface area contributed by atoms with E-state index in [1.54, 1.807) is 6.20 Å². The van der Waals surface area contributed by atoms with E-state index in [0.717, 1.165) is 18.5 Å². The molecule has 1 aromatic heterocycles. The van der Waals surface area contributed by atoms with Crippen LogP contribution in [0.3, 0.4) is 0 Å². The van der Waals surface area contributed by atoms with Gasteiger partial charge in [-0.2, -0.15) is 0 Å². The normalized spacial score (nSPS) is 13.1. The minimum atomic E-state index is 0.00418. The van der Waals surface area contributed by atoms with Gasteiger partial charge in [-0.25, -0.2) is 0 Å². The second-order valence-corrected chi connectivity index (χ2v) is 5.75. The van der Waals surface area contributed by atoms with E-state index in [-0.39, 0.29) is 17.2 Å². The number of nitrogens with one attached hydrogen (secondary N) is 1. The Kier molecular flexibility index (Phi) is 5.32. The van der Waals surface area contributed by atoms with Gasteiger partial charge >= 0.3 is 0 Å². The standard InChI is InChI=1S/C15H24N2O/c1-5-8-13(15(2,3)4)14(18)17-11-12-9-6-7-10-16-12/h6-7,9-10,13H,5,8,11H2,1-4H3,(H,17,18)/t13-/m0/s1. The zero-order valence-electron chi connectivity index (χ0n) is 11.9. The fraction of sp³-hybridized carbons (Fsp3) is 0.600. The summed E-state index contributed by atoms with van der Waals surface area (Å²) in [6.45, 7) is 8.98. The third kappa shape index (κ3) is 4.47. The Morgan fingerprint density at radius 1 is 1.39 bits per heavy atom. The molecule has 0 unspecified atom stereocenters. The Morgan fingerprint density at radius 3 is 2.61 bits per heavy atom. The van der Waals surface area contributed by atoms with E-state index in [2.05, 4.69) is 38.0 Å². The fourth-order valence-electron chi connectivity index (χ4n) is 2.05. The van der Waals surface area contributed by atoms with Crippen molar-refractivity contribution in [3.8, 4) is 0 Å². The third-order valence-corrected chi connectivity index (χ3v) is 3.11. The highest BCUT2D eigenvalue weighted by Gasteiger charge is 2.30. The van der Waals surface area contributed by atoms with Gasteiger partial charge in [-0.15, -0.1) is 0 Å². The average Bonchev–Trinajstić information content (AvgIpc) is 2.33. The van der Waals surface area contributed by atoms with Crippen molar-refractivity contribution in [2.24, 2.45) is 11.3 Å². The van der Waals surface area contributed by atoms with Crippen LogP contribution in [0.2, 0.25) is 0 Å². The van der Waals surface area contributed by atoms with Gasteiger partial charge in [-0.3, -0.25) is 9.78 Å². The molecule has 1 heterocycles. The molecule has 3 nitrogen and oxygen atoms in total. The number of hydrogen-bond acceptors (Lipinski definition) is 2. The molecular formula is C15H24N2O. The van der Waals surface area contributed by atoms with Crippen LogP contribution in [0.15, 0.2) is 24.4 Å². The maximum absolute atomic E-state index is 12.2. The van der Waals surface area contributed by atoms with Crippen molar-refractivity contribution in [1.29, 1.82) is 0 Å². The smallest absolute Gasteiger partial charge is 0.223 e. The largest absolute Gasteiger partial charge is 0.350 e. The monoisotopic (exact) mass is 248 g/mol. The fourth-order valence-corrected chi connectivity index (χ4v) is 2.05. The molecule has 0 saturated heterocycles. The molecule has 0 fully saturated rings. The van der Waals surface area contributed by atoms with Crippen molar-refractivity contribution in [3.63, 3.8) is 0 Å². The van der Waals surface area contributed by atoms with Crippen LogP contribution in [0.1, 0.15) is 46.2 Å². The maximum atomic E-state index is 12.2. The summed E-state index contributed by atoms with van der Waals surface area (Å²) in [6.07, 6.45) is 3.70. The Balaban J connectivity index is 2.57. The van der Waals surface area contributed by atoms with Crippen molar-refractivity contribution in [3.05, 3.63) is 30.1 Å². The van der Waals surface area contributed by atoms with Crippen molar-refractivity contribution in [1.82, 2.24) is 10.3 Å². The first kappa shape index (κ1) is 14.7. The Labute approximate surface area is 110 Å². The first-order valence-corrected chi connectivity index (χ1v) is 6.62. The molecule has 1 atom stereocenters. The van der Waals surface area contributed by atoms with E-state index >= 15 is 0 Å². The lowest BCUT2D eigenvalue weighted by Gasteiger charge is -2.29. The highest BCUT2D eigenvalue weighted by atomic mass is 16.1. The molecule has 1 rings (SSSR count). The van der Waals surface area contributed by atoms with E-state index in [1.165, 1.54) is 0 Å². The molecular weight excluding hydrogens is 224 g/mol. The maximum Gasteiger partial charge on any atom is 0.223 e. The number of carbonyl (C=O) groups excluding carboxylic acids is 1. The van der Waals surface area contributed by atoms with Crippen molar-refractivity contribution in [2.75, 3.05) is 0 Å². The van der Waals surface area contributed by atoms with Gasteiger partial charge in [0.15, 0.2) is 0 Å². The lowest BCUT2D eigenvalue weighted by atomic mass is 9.77. The summed E-state index contributed by atoms with van der Waals surface area (Å²) in [4.78, 5) is 16.4. The first-order valence-electron chi connectivity index (χ1n) is 6.62. The molecule has 0 bridgehead atoms. The van der Waals surface area contributed by atoms with Crippen LogP contribution in [0.25, 0.3) is 0 Å². The van der Waals surface area contributed by atoms with E-state index in [0.29, 0.717) is 6.54 Å². The van der Waals surface area contributed by atoms with E-state index in [1.807, 2.05) is 18.2 Å². The summed E-state index contributed by atoms with van der Waals surface area (Å²) in [6, 6.07) is 5.73. The second-order valence-electron chi connectivity index (χ2n) is 5.75. The van der Waals surface area contributed by atoms with Gasteiger partial charge < -0.3 is 5.32 Å². The molecule has 0 aliphatic rings. The number of hydrogen-bond donors (Lipinski definition) is 1. The van der Waals surface area contributed by atoms with Gasteiger partial charge in [-0.05, 0) is 24.0 Å². The minimum absolute atomic E-state index is 0.00418. The minimum Gasteiger partial charge on any atom is -0.350 e. The van der Waals surface area contributed by atoms with E-state index < -0.39 is 0 Å². The third-order valence-electron chi connectivity index (χ3n) is 3.11. The van der Waals surface area contributed by atoms with Gasteiger partial charge in [0.2, 0.25) is 5.91 Å². The molecule has 0 spiro atoms. The number of rotatable bonds is 5. The Hall–Kier alpha value is -1.38. The predicted octanol–water partition coefficient (Wildman–Crippen LogP) is 3.16. The van der Waals surface area contributed by atoms with Gasteiger partial charge in [0.25, 0.3) is 0 Å². The molecule has 0 aliphatic heterocycles. The van der Waals surface area contributed by atoms with Crippen LogP contribution in [0.4, 0.5) is 0 Å². The van der Waals surface area contributed by atoms with Crippen LogP contribution >= 0.6 is 0 Å². The van der Waals surface area contributed by atoms with Crippen molar-refractivity contribution in [2.45, 2.75) is 47.1 Å². The van der Waals surface area contributed by atoms with Gasteiger partial charge in [0, 0.05) is 12.1 Å². The summed E-state index contributed by atoms with van der Waals surface area (Å²) in [7, 11) is 0. The zero-order chi connectivity index (χ0) is 13.6.